The van der Waals surface area contributed by atoms with E-state index in [-0.39, 0.29) is 12.1 Å². The van der Waals surface area contributed by atoms with Gasteiger partial charge in [0.1, 0.15) is 54.2 Å². The lowest BCUT2D eigenvalue weighted by atomic mass is 9.74. The van der Waals surface area contributed by atoms with Gasteiger partial charge in [0.15, 0.2) is 35.1 Å². The number of esters is 3. The molecule has 2 fully saturated rings. The molecular weight excluding hydrogens is 728 g/mol. The van der Waals surface area contributed by atoms with E-state index in [9.17, 15) is 49.5 Å². The highest BCUT2D eigenvalue weighted by molar-refractivity contribution is 7.78. The Bertz CT molecular complexity index is 1590. The van der Waals surface area contributed by atoms with Crippen LogP contribution in [-0.4, -0.2) is 146 Å². The van der Waals surface area contributed by atoms with Crippen LogP contribution in [0.3, 0.4) is 0 Å². The van der Waals surface area contributed by atoms with Gasteiger partial charge < -0.3 is 58.7 Å². The third-order valence-corrected chi connectivity index (χ3v) is 9.32. The number of thiocarbonyl (C=S) groups is 1. The molecule has 20 heteroatoms. The Hall–Kier alpha value is -3.98. The summed E-state index contributed by atoms with van der Waals surface area (Å²) in [6, 6.07) is 0. The van der Waals surface area contributed by atoms with E-state index >= 15 is 0 Å². The van der Waals surface area contributed by atoms with E-state index in [0.717, 1.165) is 6.92 Å². The third-order valence-electron chi connectivity index (χ3n) is 9.23. The molecule has 53 heavy (non-hydrogen) atoms. The number of hydrogen-bond donors (Lipinski definition) is 6. The number of carbonyl (C=O) groups excluding carboxylic acids is 4. The highest BCUT2D eigenvalue weighted by atomic mass is 32.1. The maximum absolute atomic E-state index is 13.3. The van der Waals surface area contributed by atoms with Gasteiger partial charge in [-0.2, -0.15) is 4.99 Å². The lowest BCUT2D eigenvalue weighted by Gasteiger charge is -2.52. The van der Waals surface area contributed by atoms with Gasteiger partial charge in [-0.25, -0.2) is 9.59 Å². The van der Waals surface area contributed by atoms with Gasteiger partial charge in [-0.1, -0.05) is 19.9 Å². The summed E-state index contributed by atoms with van der Waals surface area (Å²) in [5, 5.41) is 66.0. The van der Waals surface area contributed by atoms with E-state index < -0.39 is 132 Å². The number of carbonyl (C=O) groups is 5. The summed E-state index contributed by atoms with van der Waals surface area (Å²) in [6.45, 7) is 7.77. The van der Waals surface area contributed by atoms with Crippen LogP contribution in [0.2, 0.25) is 0 Å². The van der Waals surface area contributed by atoms with Crippen LogP contribution in [0.25, 0.3) is 0 Å². The maximum atomic E-state index is 13.3. The molecule has 1 aliphatic carbocycles. The fourth-order valence-corrected chi connectivity index (χ4v) is 6.41. The zero-order chi connectivity index (χ0) is 40.2. The van der Waals surface area contributed by atoms with Gasteiger partial charge in [0.2, 0.25) is 0 Å². The number of aliphatic carboxylic acids is 1. The van der Waals surface area contributed by atoms with E-state index in [0.29, 0.717) is 0 Å². The molecule has 0 bridgehead atoms. The molecule has 3 aliphatic rings. The molecule has 2 heterocycles. The Labute approximate surface area is 309 Å². The standard InChI is InChI=1S/C33H44N2O17S/c1-8-17(35-12-53)31(43)52-25-19(11-47-16(6)36)50-28(32(44)10-18(37)23(34)22(27(32)39)29(40)41)24(38)26(25)51-21-9-20(46-7)33(45,14(4)48-21)15(5)49-30(42)13(2)3/h8,13-15,19-21,24-26,28,34,38-39,44-45H,9-11H2,1-7H3,(H,40,41)/b17-8-,34-23?/t14-,15-,19-,20-,21+,24+,25+,26-,28-,32-,33+/m0/s1. The SMILES string of the molecule is C/C=C(\N=C=S)C(=O)O[C@H]1[C@@H](O[C@@H]2C[C@H](OC)[C@](O)([C@H](C)OC(=O)C(C)C)[C@H](C)O2)[C@@H](O)[C@@H]([C@]2(O)CC(=O)C(=N)C(C(=O)O)=C2O)O[C@H]1COC(C)=O. The van der Waals surface area contributed by atoms with Gasteiger partial charge >= 0.3 is 23.9 Å². The topological polar surface area (TPSA) is 287 Å². The number of nitrogens with zero attached hydrogens (tertiary/aromatic N) is 1. The molecule has 294 valence electrons. The van der Waals surface area contributed by atoms with Crippen molar-refractivity contribution >= 4 is 52.8 Å². The first-order valence-electron chi connectivity index (χ1n) is 16.4. The number of aliphatic imine (C=N–C) groups is 1. The van der Waals surface area contributed by atoms with Crippen molar-refractivity contribution < 1.29 is 82.7 Å². The first kappa shape index (κ1) is 43.4. The smallest absolute Gasteiger partial charge is 0.357 e. The average molecular weight is 773 g/mol. The molecule has 0 radical (unpaired) electrons. The van der Waals surface area contributed by atoms with E-state index in [1.807, 2.05) is 5.16 Å². The zero-order valence-corrected chi connectivity index (χ0v) is 30.8. The van der Waals surface area contributed by atoms with Gasteiger partial charge in [-0.05, 0) is 33.0 Å². The fraction of sp³-hybridized carbons (Fsp3) is 0.667. The molecule has 2 aliphatic heterocycles. The fourth-order valence-electron chi connectivity index (χ4n) is 6.31. The lowest BCUT2D eigenvalue weighted by Crippen LogP contribution is -2.70. The second kappa shape index (κ2) is 17.4. The lowest BCUT2D eigenvalue weighted by molar-refractivity contribution is -0.345. The number of rotatable bonds is 13. The summed E-state index contributed by atoms with van der Waals surface area (Å²) >= 11 is 4.60. The Morgan fingerprint density at radius 1 is 1.17 bits per heavy atom. The van der Waals surface area contributed by atoms with E-state index in [4.69, 9.17) is 38.6 Å². The highest BCUT2D eigenvalue weighted by Gasteiger charge is 2.62. The van der Waals surface area contributed by atoms with Gasteiger partial charge in [-0.3, -0.25) is 19.8 Å². The number of ether oxygens (including phenoxy) is 7. The second-order valence-electron chi connectivity index (χ2n) is 13.0. The van der Waals surface area contributed by atoms with Crippen LogP contribution < -0.4 is 0 Å². The van der Waals surface area contributed by atoms with Crippen molar-refractivity contribution in [2.24, 2.45) is 10.9 Å². The number of carboxylic acids is 1. The van der Waals surface area contributed by atoms with Crippen LogP contribution in [-0.2, 0) is 57.1 Å². The number of Topliss-reactive ketones (excluding diaryl/α,β-unsaturated/α-hetero) is 1. The molecular formula is C33H44N2O17S. The largest absolute Gasteiger partial charge is 0.508 e. The minimum absolute atomic E-state index is 0.325. The molecule has 3 rings (SSSR count). The number of carboxylic acid groups (broad SMARTS) is 1. The molecule has 0 aromatic rings. The molecule has 0 saturated carbocycles. The number of methoxy groups -OCH3 is 1. The summed E-state index contributed by atoms with van der Waals surface area (Å²) in [7, 11) is 1.26. The maximum Gasteiger partial charge on any atom is 0.357 e. The number of hydrogen-bond acceptors (Lipinski definition) is 19. The Morgan fingerprint density at radius 2 is 1.81 bits per heavy atom. The third kappa shape index (κ3) is 8.88. The number of aliphatic hydroxyl groups excluding tert-OH is 2. The van der Waals surface area contributed by atoms with Crippen LogP contribution in [0.15, 0.2) is 28.1 Å². The molecule has 19 nitrogen and oxygen atoms in total. The first-order valence-corrected chi connectivity index (χ1v) is 16.8. The van der Waals surface area contributed by atoms with Crippen LogP contribution in [0.5, 0.6) is 0 Å². The van der Waals surface area contributed by atoms with Gasteiger partial charge in [0, 0.05) is 20.5 Å². The van der Waals surface area contributed by atoms with Gasteiger partial charge in [-0.15, -0.1) is 0 Å². The van der Waals surface area contributed by atoms with E-state index in [2.05, 4.69) is 17.2 Å². The summed E-state index contributed by atoms with van der Waals surface area (Å²) in [6.07, 6.45) is -15.0. The van der Waals surface area contributed by atoms with Crippen molar-refractivity contribution in [3.8, 4) is 0 Å². The highest BCUT2D eigenvalue weighted by Crippen LogP contribution is 2.42. The summed E-state index contributed by atoms with van der Waals surface area (Å²) in [5.41, 5.74) is -7.74. The normalized spacial score (nSPS) is 34.2. The van der Waals surface area contributed by atoms with Crippen molar-refractivity contribution in [2.75, 3.05) is 13.7 Å². The van der Waals surface area contributed by atoms with Crippen LogP contribution >= 0.6 is 12.2 Å². The van der Waals surface area contributed by atoms with E-state index in [1.54, 1.807) is 13.8 Å². The summed E-state index contributed by atoms with van der Waals surface area (Å²) < 4.78 is 39.9. The Morgan fingerprint density at radius 3 is 2.34 bits per heavy atom. The Kier molecular flexibility index (Phi) is 14.3. The van der Waals surface area contributed by atoms with Gasteiger partial charge in [0.05, 0.1) is 29.7 Å². The number of nitrogens with one attached hydrogen (secondary N) is 1. The van der Waals surface area contributed by atoms with Crippen LogP contribution in [0, 0.1) is 11.3 Å². The minimum atomic E-state index is -3.03. The predicted molar refractivity (Wildman–Crippen MR) is 180 cm³/mol. The first-order chi connectivity index (χ1) is 24.7. The number of ketones is 1. The molecule has 0 amide bonds. The van der Waals surface area contributed by atoms with Crippen molar-refractivity contribution in [2.45, 2.75) is 121 Å². The minimum Gasteiger partial charge on any atom is -0.508 e. The second-order valence-corrected chi connectivity index (χ2v) is 13.1. The molecule has 11 atom stereocenters. The van der Waals surface area contributed by atoms with Crippen LogP contribution in [0.4, 0.5) is 0 Å². The Balaban J connectivity index is 2.15. The van der Waals surface area contributed by atoms with Crippen LogP contribution in [0.1, 0.15) is 54.4 Å². The molecule has 0 spiro atoms. The molecule has 2 saturated heterocycles. The summed E-state index contributed by atoms with van der Waals surface area (Å²) in [4.78, 5) is 66.0. The number of isothiocyanates is 1. The predicted octanol–water partition coefficient (Wildman–Crippen LogP) is 0.0705. The van der Waals surface area contributed by atoms with Crippen molar-refractivity contribution in [1.29, 1.82) is 5.41 Å². The van der Waals surface area contributed by atoms with Crippen molar-refractivity contribution in [1.82, 2.24) is 0 Å². The van der Waals surface area contributed by atoms with E-state index in [1.165, 1.54) is 34.0 Å². The molecule has 0 aromatic heterocycles. The number of allylic oxidation sites excluding steroid dienone is 1. The summed E-state index contributed by atoms with van der Waals surface area (Å²) in [5.74, 6) is -7.74. The zero-order valence-electron chi connectivity index (χ0n) is 30.0. The quantitative estimate of drug-likeness (QED) is 0.0475. The average Bonchev–Trinajstić information content (AvgIpc) is 3.08. The van der Waals surface area contributed by atoms with Crippen molar-refractivity contribution in [3.63, 3.8) is 0 Å². The molecule has 6 N–H and O–H groups in total. The van der Waals surface area contributed by atoms with Gasteiger partial charge in [0.25, 0.3) is 0 Å². The molecule has 0 aromatic carbocycles. The van der Waals surface area contributed by atoms with Crippen molar-refractivity contribution in [3.05, 3.63) is 23.1 Å². The monoisotopic (exact) mass is 772 g/mol. The molecule has 0 unspecified atom stereocenters. The number of aliphatic hydroxyl groups is 4.